The fraction of sp³-hybridized carbons (Fsp3) is 0.278. The minimum atomic E-state index is -4.38. The highest BCUT2D eigenvalue weighted by Gasteiger charge is 2.35. The molecule has 1 atom stereocenters. The van der Waals surface area contributed by atoms with Crippen LogP contribution in [-0.4, -0.2) is 44.3 Å². The molecular formula is C36H40FN3O4S. The maximum atomic E-state index is 15.3. The Morgan fingerprint density at radius 2 is 1.44 bits per heavy atom. The maximum Gasteiger partial charge on any atom is 0.264 e. The van der Waals surface area contributed by atoms with E-state index in [1.807, 2.05) is 82.3 Å². The third-order valence-electron chi connectivity index (χ3n) is 7.57. The average Bonchev–Trinajstić information content (AvgIpc) is 3.02. The van der Waals surface area contributed by atoms with Crippen molar-refractivity contribution in [3.63, 3.8) is 0 Å². The van der Waals surface area contributed by atoms with Gasteiger partial charge in [-0.2, -0.15) is 0 Å². The molecule has 0 spiro atoms. The molecule has 1 N–H and O–H groups in total. The molecule has 0 radical (unpaired) electrons. The van der Waals surface area contributed by atoms with E-state index >= 15 is 4.39 Å². The molecule has 236 valence electrons. The molecule has 0 aliphatic carbocycles. The number of hydrogen-bond donors (Lipinski definition) is 1. The van der Waals surface area contributed by atoms with Gasteiger partial charge in [0.05, 0.1) is 10.6 Å². The molecule has 0 saturated carbocycles. The monoisotopic (exact) mass is 629 g/mol. The van der Waals surface area contributed by atoms with E-state index in [4.69, 9.17) is 0 Å². The molecule has 9 heteroatoms. The van der Waals surface area contributed by atoms with Gasteiger partial charge in [-0.25, -0.2) is 12.8 Å². The first-order valence-electron chi connectivity index (χ1n) is 15.0. The Kier molecular flexibility index (Phi) is 11.1. The molecule has 2 amide bonds. The van der Waals surface area contributed by atoms with Crippen LogP contribution in [0.25, 0.3) is 0 Å². The minimum absolute atomic E-state index is 0.0494. The first-order chi connectivity index (χ1) is 21.5. The Hall–Kier alpha value is -4.50. The number of rotatable bonds is 13. The van der Waals surface area contributed by atoms with Gasteiger partial charge < -0.3 is 10.2 Å². The van der Waals surface area contributed by atoms with E-state index in [1.54, 1.807) is 12.1 Å². The molecule has 4 aromatic carbocycles. The summed E-state index contributed by atoms with van der Waals surface area (Å²) in [4.78, 5) is 29.7. The van der Waals surface area contributed by atoms with Crippen molar-refractivity contribution >= 4 is 27.5 Å². The predicted octanol–water partition coefficient (Wildman–Crippen LogP) is 6.05. The van der Waals surface area contributed by atoms with Gasteiger partial charge in [0.2, 0.25) is 11.8 Å². The second-order valence-corrected chi connectivity index (χ2v) is 13.4. The molecule has 0 bridgehead atoms. The second kappa shape index (κ2) is 15.0. The molecule has 1 unspecified atom stereocenters. The number of sulfonamides is 1. The summed E-state index contributed by atoms with van der Waals surface area (Å²) in [7, 11) is -4.38. The van der Waals surface area contributed by atoms with Crippen molar-refractivity contribution in [3.8, 4) is 0 Å². The highest BCUT2D eigenvalue weighted by Crippen LogP contribution is 2.27. The zero-order chi connectivity index (χ0) is 32.6. The molecule has 0 fully saturated rings. The summed E-state index contributed by atoms with van der Waals surface area (Å²) in [5, 5.41) is 2.97. The average molecular weight is 630 g/mol. The molecule has 4 aromatic rings. The lowest BCUT2D eigenvalue weighted by atomic mass is 10.0. The molecule has 4 rings (SSSR count). The summed E-state index contributed by atoms with van der Waals surface area (Å²) in [6, 6.07) is 27.5. The lowest BCUT2D eigenvalue weighted by Gasteiger charge is -2.34. The Bertz CT molecular complexity index is 1710. The fourth-order valence-corrected chi connectivity index (χ4v) is 6.37. The van der Waals surface area contributed by atoms with Crippen LogP contribution in [0.3, 0.4) is 0 Å². The molecule has 0 heterocycles. The van der Waals surface area contributed by atoms with Crippen LogP contribution < -0.4 is 9.62 Å². The van der Waals surface area contributed by atoms with E-state index in [0.717, 1.165) is 32.6 Å². The topological polar surface area (TPSA) is 86.8 Å². The van der Waals surface area contributed by atoms with Crippen molar-refractivity contribution in [2.75, 3.05) is 17.4 Å². The van der Waals surface area contributed by atoms with E-state index in [0.29, 0.717) is 6.54 Å². The van der Waals surface area contributed by atoms with Crippen LogP contribution in [0.15, 0.2) is 108 Å². The van der Waals surface area contributed by atoms with Crippen molar-refractivity contribution in [1.82, 2.24) is 10.2 Å². The van der Waals surface area contributed by atoms with Crippen molar-refractivity contribution in [2.45, 2.75) is 51.6 Å². The number of carbonyl (C=O) groups excluding carboxylic acids is 2. The molecule has 7 nitrogen and oxygen atoms in total. The molecule has 0 saturated heterocycles. The third-order valence-corrected chi connectivity index (χ3v) is 9.34. The van der Waals surface area contributed by atoms with Crippen molar-refractivity contribution < 1.29 is 22.4 Å². The van der Waals surface area contributed by atoms with E-state index in [-0.39, 0.29) is 35.4 Å². The smallest absolute Gasteiger partial charge is 0.264 e. The Labute approximate surface area is 265 Å². The van der Waals surface area contributed by atoms with Crippen molar-refractivity contribution in [2.24, 2.45) is 5.92 Å². The Balaban J connectivity index is 1.81. The van der Waals surface area contributed by atoms with E-state index in [2.05, 4.69) is 5.32 Å². The minimum Gasteiger partial charge on any atom is -0.354 e. The highest BCUT2D eigenvalue weighted by molar-refractivity contribution is 7.92. The summed E-state index contributed by atoms with van der Waals surface area (Å²) >= 11 is 0. The van der Waals surface area contributed by atoms with Gasteiger partial charge in [-0.3, -0.25) is 13.9 Å². The van der Waals surface area contributed by atoms with Gasteiger partial charge in [0.15, 0.2) is 0 Å². The van der Waals surface area contributed by atoms with E-state index in [1.165, 1.54) is 35.2 Å². The van der Waals surface area contributed by atoms with Gasteiger partial charge in [0, 0.05) is 19.5 Å². The van der Waals surface area contributed by atoms with Crippen LogP contribution in [0.4, 0.5) is 10.1 Å². The molecule has 0 aromatic heterocycles. The van der Waals surface area contributed by atoms with Crippen molar-refractivity contribution in [3.05, 3.63) is 131 Å². The highest BCUT2D eigenvalue weighted by atomic mass is 32.2. The van der Waals surface area contributed by atoms with Gasteiger partial charge >= 0.3 is 0 Å². The lowest BCUT2D eigenvalue weighted by Crippen LogP contribution is -2.54. The molecule has 0 aliphatic heterocycles. The number of para-hydroxylation sites is 1. The number of nitrogens with zero attached hydrogens (tertiary/aromatic N) is 2. The summed E-state index contributed by atoms with van der Waals surface area (Å²) in [6.07, 6.45) is 0.201. The first kappa shape index (κ1) is 33.4. The van der Waals surface area contributed by atoms with Crippen LogP contribution in [0.5, 0.6) is 0 Å². The number of benzene rings is 4. The number of amides is 2. The number of hydrogen-bond acceptors (Lipinski definition) is 4. The number of aryl methyl sites for hydroxylation is 2. The fourth-order valence-electron chi connectivity index (χ4n) is 4.95. The SMILES string of the molecule is Cc1ccc(S(=O)(=O)N(CC(=O)N(Cc2ccccc2C)C(Cc2ccccc2)C(=O)NCC(C)C)c2ccccc2F)cc1. The quantitative estimate of drug-likeness (QED) is 0.195. The molecule has 0 aliphatic rings. The zero-order valence-electron chi connectivity index (χ0n) is 26.1. The van der Waals surface area contributed by atoms with Gasteiger partial charge in [-0.15, -0.1) is 0 Å². The van der Waals surface area contributed by atoms with Gasteiger partial charge in [0.1, 0.15) is 18.4 Å². The normalized spacial score (nSPS) is 12.0. The number of halogens is 1. The largest absolute Gasteiger partial charge is 0.354 e. The van der Waals surface area contributed by atoms with Crippen LogP contribution in [-0.2, 0) is 32.6 Å². The Morgan fingerprint density at radius 3 is 2.09 bits per heavy atom. The number of carbonyl (C=O) groups is 2. The zero-order valence-corrected chi connectivity index (χ0v) is 26.9. The summed E-state index contributed by atoms with van der Waals surface area (Å²) in [5.74, 6) is -1.61. The van der Waals surface area contributed by atoms with Crippen molar-refractivity contribution in [1.29, 1.82) is 0 Å². The van der Waals surface area contributed by atoms with E-state index < -0.39 is 34.3 Å². The third kappa shape index (κ3) is 8.57. The number of nitrogens with one attached hydrogen (secondary N) is 1. The van der Waals surface area contributed by atoms with Crippen LogP contribution >= 0.6 is 0 Å². The maximum absolute atomic E-state index is 15.3. The summed E-state index contributed by atoms with van der Waals surface area (Å²) in [5.41, 5.74) is 3.14. The summed E-state index contributed by atoms with van der Waals surface area (Å²) < 4.78 is 44.2. The molecule has 45 heavy (non-hydrogen) atoms. The van der Waals surface area contributed by atoms with Gasteiger partial charge in [-0.1, -0.05) is 98.3 Å². The molecular weight excluding hydrogens is 589 g/mol. The first-order valence-corrected chi connectivity index (χ1v) is 16.4. The Morgan fingerprint density at radius 1 is 0.822 bits per heavy atom. The van der Waals surface area contributed by atoms with E-state index in [9.17, 15) is 18.0 Å². The van der Waals surface area contributed by atoms with Gasteiger partial charge in [-0.05, 0) is 60.7 Å². The predicted molar refractivity (Wildman–Crippen MR) is 176 cm³/mol. The van der Waals surface area contributed by atoms with Crippen LogP contribution in [0.1, 0.15) is 36.1 Å². The second-order valence-electron chi connectivity index (χ2n) is 11.6. The van der Waals surface area contributed by atoms with Gasteiger partial charge in [0.25, 0.3) is 10.0 Å². The standard InChI is InChI=1S/C36H40FN3O4S/c1-26(2)23-38-36(42)34(22-29-13-6-5-7-14-29)39(24-30-15-9-8-12-28(30)4)35(41)25-40(33-17-11-10-16-32(33)37)45(43,44)31-20-18-27(3)19-21-31/h5-21,26,34H,22-25H2,1-4H3,(H,38,42). The lowest BCUT2D eigenvalue weighted by molar-refractivity contribution is -0.140. The number of anilines is 1. The summed E-state index contributed by atoms with van der Waals surface area (Å²) in [6.45, 7) is 7.43. The van der Waals surface area contributed by atoms with Crippen LogP contribution in [0, 0.1) is 25.6 Å². The van der Waals surface area contributed by atoms with Crippen LogP contribution in [0.2, 0.25) is 0 Å².